The number of rotatable bonds is 4. The molecule has 1 N–H and O–H groups in total. The fourth-order valence-electron chi connectivity index (χ4n) is 2.52. The molecule has 0 aliphatic heterocycles. The summed E-state index contributed by atoms with van der Waals surface area (Å²) in [5.41, 5.74) is 0.779. The molecule has 0 unspecified atom stereocenters. The smallest absolute Gasteiger partial charge is 0.244 e. The Kier molecular flexibility index (Phi) is 5.41. The number of halogens is 1. The van der Waals surface area contributed by atoms with Gasteiger partial charge in [-0.1, -0.05) is 50.6 Å². The molecule has 0 fully saturated rings. The summed E-state index contributed by atoms with van der Waals surface area (Å²) in [4.78, 5) is 12.0. The van der Waals surface area contributed by atoms with Gasteiger partial charge in [-0.3, -0.25) is 4.79 Å². The Morgan fingerprint density at radius 2 is 1.80 bits per heavy atom. The van der Waals surface area contributed by atoms with E-state index in [4.69, 9.17) is 11.6 Å². The van der Waals surface area contributed by atoms with E-state index >= 15 is 0 Å². The van der Waals surface area contributed by atoms with E-state index in [1.807, 2.05) is 38.1 Å². The molecular formula is C17H24ClNO. The van der Waals surface area contributed by atoms with E-state index in [9.17, 15) is 4.79 Å². The molecule has 0 aliphatic carbocycles. The van der Waals surface area contributed by atoms with Crippen LogP contribution in [0.3, 0.4) is 0 Å². The Balaban J connectivity index is 2.66. The number of carbonyl (C=O) groups is 1. The van der Waals surface area contributed by atoms with E-state index < -0.39 is 0 Å². The molecule has 0 saturated heterocycles. The van der Waals surface area contributed by atoms with Gasteiger partial charge in [-0.15, -0.1) is 0 Å². The summed E-state index contributed by atoms with van der Waals surface area (Å²) in [6, 6.07) is 7.45. The molecule has 0 atom stereocenters. The molecule has 0 radical (unpaired) electrons. The Morgan fingerprint density at radius 3 is 2.35 bits per heavy atom. The first-order chi connectivity index (χ1) is 9.09. The molecule has 110 valence electrons. The molecule has 0 saturated carbocycles. The minimum atomic E-state index is -0.236. The highest BCUT2D eigenvalue weighted by molar-refractivity contribution is 6.32. The van der Waals surface area contributed by atoms with Crippen LogP contribution in [-0.2, 0) is 4.79 Å². The molecular weight excluding hydrogens is 270 g/mol. The molecule has 0 heterocycles. The van der Waals surface area contributed by atoms with E-state index in [-0.39, 0.29) is 16.9 Å². The summed E-state index contributed by atoms with van der Waals surface area (Å²) in [6.45, 7) is 10.6. The zero-order chi connectivity index (χ0) is 15.4. The first kappa shape index (κ1) is 16.8. The van der Waals surface area contributed by atoms with E-state index in [2.05, 4.69) is 26.1 Å². The highest BCUT2D eigenvalue weighted by Gasteiger charge is 2.26. The number of carbonyl (C=O) groups excluding carboxylic acids is 1. The fraction of sp³-hybridized carbons (Fsp3) is 0.471. The third kappa shape index (κ3) is 6.25. The van der Waals surface area contributed by atoms with Gasteiger partial charge in [0.15, 0.2) is 0 Å². The molecule has 0 aromatic heterocycles. The van der Waals surface area contributed by atoms with Gasteiger partial charge in [0.2, 0.25) is 5.91 Å². The summed E-state index contributed by atoms with van der Waals surface area (Å²) in [5, 5.41) is 3.68. The van der Waals surface area contributed by atoms with Crippen LogP contribution in [-0.4, -0.2) is 11.4 Å². The number of nitrogens with one attached hydrogen (secondary N) is 1. The standard InChI is InChI=1S/C17H24ClNO/c1-16(2,3)12-17(4,5)19-15(20)11-10-13-8-6-7-9-14(13)18/h6-11H,12H2,1-5H3,(H,19,20)/b11-10+. The van der Waals surface area contributed by atoms with Gasteiger partial charge in [0, 0.05) is 16.6 Å². The van der Waals surface area contributed by atoms with Gasteiger partial charge in [-0.25, -0.2) is 0 Å². The Labute approximate surface area is 127 Å². The molecule has 0 spiro atoms. The lowest BCUT2D eigenvalue weighted by Gasteiger charge is -2.32. The minimum absolute atomic E-state index is 0.0980. The van der Waals surface area contributed by atoms with Crippen LogP contribution in [0.25, 0.3) is 6.08 Å². The normalized spacial score (nSPS) is 12.7. The van der Waals surface area contributed by atoms with Crippen molar-refractivity contribution in [2.45, 2.75) is 46.6 Å². The van der Waals surface area contributed by atoms with Crippen molar-refractivity contribution >= 4 is 23.6 Å². The molecule has 1 aromatic rings. The average molecular weight is 294 g/mol. The molecule has 1 rings (SSSR count). The van der Waals surface area contributed by atoms with E-state index in [1.54, 1.807) is 6.08 Å². The average Bonchev–Trinajstić information content (AvgIpc) is 2.23. The topological polar surface area (TPSA) is 29.1 Å². The van der Waals surface area contributed by atoms with Gasteiger partial charge in [0.25, 0.3) is 0 Å². The van der Waals surface area contributed by atoms with Crippen LogP contribution in [0.1, 0.15) is 46.6 Å². The van der Waals surface area contributed by atoms with Crippen molar-refractivity contribution < 1.29 is 4.79 Å². The van der Waals surface area contributed by atoms with Crippen molar-refractivity contribution in [2.75, 3.05) is 0 Å². The predicted molar refractivity (Wildman–Crippen MR) is 86.8 cm³/mol. The van der Waals surface area contributed by atoms with Gasteiger partial charge >= 0.3 is 0 Å². The van der Waals surface area contributed by atoms with E-state index in [0.717, 1.165) is 12.0 Å². The minimum Gasteiger partial charge on any atom is -0.348 e. The molecule has 1 amide bonds. The third-order valence-electron chi connectivity index (χ3n) is 2.75. The zero-order valence-corrected chi connectivity index (χ0v) is 13.7. The maximum Gasteiger partial charge on any atom is 0.244 e. The maximum absolute atomic E-state index is 12.0. The van der Waals surface area contributed by atoms with Crippen LogP contribution in [0.2, 0.25) is 5.02 Å². The molecule has 2 nitrogen and oxygen atoms in total. The van der Waals surface area contributed by atoms with Gasteiger partial charge in [-0.2, -0.15) is 0 Å². The van der Waals surface area contributed by atoms with Crippen molar-refractivity contribution in [1.29, 1.82) is 0 Å². The van der Waals surface area contributed by atoms with Crippen LogP contribution in [0.5, 0.6) is 0 Å². The zero-order valence-electron chi connectivity index (χ0n) is 13.0. The van der Waals surface area contributed by atoms with E-state index in [1.165, 1.54) is 6.08 Å². The molecule has 0 bridgehead atoms. The van der Waals surface area contributed by atoms with Gasteiger partial charge < -0.3 is 5.32 Å². The first-order valence-corrected chi connectivity index (χ1v) is 7.22. The highest BCUT2D eigenvalue weighted by Crippen LogP contribution is 2.26. The van der Waals surface area contributed by atoms with Crippen LogP contribution in [0, 0.1) is 5.41 Å². The summed E-state index contributed by atoms with van der Waals surface area (Å²) in [7, 11) is 0. The molecule has 20 heavy (non-hydrogen) atoms. The lowest BCUT2D eigenvalue weighted by Crippen LogP contribution is -2.45. The molecule has 3 heteroatoms. The highest BCUT2D eigenvalue weighted by atomic mass is 35.5. The Morgan fingerprint density at radius 1 is 1.20 bits per heavy atom. The van der Waals surface area contributed by atoms with E-state index in [0.29, 0.717) is 5.02 Å². The molecule has 0 aliphatic rings. The summed E-state index contributed by atoms with van der Waals surface area (Å²) < 4.78 is 0. The Hall–Kier alpha value is -1.28. The van der Waals surface area contributed by atoms with Crippen LogP contribution < -0.4 is 5.32 Å². The second-order valence-corrected chi connectivity index (χ2v) is 7.37. The number of amides is 1. The van der Waals surface area contributed by atoms with Crippen molar-refractivity contribution in [1.82, 2.24) is 5.32 Å². The summed E-state index contributed by atoms with van der Waals surface area (Å²) >= 11 is 6.04. The van der Waals surface area contributed by atoms with Crippen LogP contribution >= 0.6 is 11.6 Å². The number of benzene rings is 1. The van der Waals surface area contributed by atoms with Crippen molar-refractivity contribution in [2.24, 2.45) is 5.41 Å². The van der Waals surface area contributed by atoms with Crippen molar-refractivity contribution in [3.8, 4) is 0 Å². The van der Waals surface area contributed by atoms with Crippen LogP contribution in [0.4, 0.5) is 0 Å². The number of hydrogen-bond donors (Lipinski definition) is 1. The van der Waals surface area contributed by atoms with Gasteiger partial charge in [0.05, 0.1) is 0 Å². The lowest BCUT2D eigenvalue weighted by atomic mass is 9.82. The molecule has 1 aromatic carbocycles. The maximum atomic E-state index is 12.0. The van der Waals surface area contributed by atoms with Gasteiger partial charge in [-0.05, 0) is 43.4 Å². The Bertz CT molecular complexity index is 498. The largest absolute Gasteiger partial charge is 0.348 e. The lowest BCUT2D eigenvalue weighted by molar-refractivity contribution is -0.118. The van der Waals surface area contributed by atoms with Gasteiger partial charge in [0.1, 0.15) is 0 Å². The quantitative estimate of drug-likeness (QED) is 0.802. The predicted octanol–water partition coefficient (Wildman–Crippen LogP) is 4.68. The second-order valence-electron chi connectivity index (χ2n) is 6.97. The van der Waals surface area contributed by atoms with Crippen molar-refractivity contribution in [3.05, 3.63) is 40.9 Å². The fourth-order valence-corrected chi connectivity index (χ4v) is 2.72. The second kappa shape index (κ2) is 6.45. The number of hydrogen-bond acceptors (Lipinski definition) is 1. The van der Waals surface area contributed by atoms with Crippen molar-refractivity contribution in [3.63, 3.8) is 0 Å². The summed E-state index contributed by atoms with van der Waals surface area (Å²) in [5.74, 6) is -0.0980. The summed E-state index contributed by atoms with van der Waals surface area (Å²) in [6.07, 6.45) is 4.18. The van der Waals surface area contributed by atoms with Crippen LogP contribution in [0.15, 0.2) is 30.3 Å². The third-order valence-corrected chi connectivity index (χ3v) is 3.10. The first-order valence-electron chi connectivity index (χ1n) is 6.84. The monoisotopic (exact) mass is 293 g/mol. The SMILES string of the molecule is CC(C)(C)CC(C)(C)NC(=O)/C=C/c1ccccc1Cl.